The molecular weight excluding hydrogens is 270 g/mol. The molecule has 3 aromatic rings. The van der Waals surface area contributed by atoms with E-state index in [-0.39, 0.29) is 0 Å². The number of para-hydroxylation sites is 1. The first-order valence-electron chi connectivity index (χ1n) is 8.02. The minimum Gasteiger partial charge on any atom is -0.345 e. The Kier molecular flexibility index (Phi) is 3.43. The van der Waals surface area contributed by atoms with Crippen LogP contribution in [-0.2, 0) is 6.54 Å². The molecule has 1 saturated heterocycles. The van der Waals surface area contributed by atoms with E-state index in [0.717, 1.165) is 12.2 Å². The molecule has 22 heavy (non-hydrogen) atoms. The summed E-state index contributed by atoms with van der Waals surface area (Å²) in [5, 5.41) is 1.29. The molecule has 1 aromatic carbocycles. The van der Waals surface area contributed by atoms with Crippen molar-refractivity contribution in [2.24, 2.45) is 0 Å². The van der Waals surface area contributed by atoms with Gasteiger partial charge < -0.3 is 9.47 Å². The zero-order chi connectivity index (χ0) is 14.9. The van der Waals surface area contributed by atoms with Crippen molar-refractivity contribution in [3.63, 3.8) is 0 Å². The molecule has 3 heteroatoms. The fraction of sp³-hybridized carbons (Fsp3) is 0.316. The largest absolute Gasteiger partial charge is 0.345 e. The summed E-state index contributed by atoms with van der Waals surface area (Å²) in [6, 6.07) is 15.4. The molecule has 1 unspecified atom stereocenters. The lowest BCUT2D eigenvalue weighted by molar-refractivity contribution is 0.284. The fourth-order valence-corrected chi connectivity index (χ4v) is 3.56. The van der Waals surface area contributed by atoms with Crippen LogP contribution in [0.2, 0.25) is 0 Å². The SMILES string of the molecule is CN1CCCC1Cn1cc(-c2ccccn2)c2ccccc21. The van der Waals surface area contributed by atoms with Gasteiger partial charge in [0.25, 0.3) is 0 Å². The van der Waals surface area contributed by atoms with Crippen molar-refractivity contribution < 1.29 is 0 Å². The number of hydrogen-bond donors (Lipinski definition) is 0. The van der Waals surface area contributed by atoms with Crippen LogP contribution >= 0.6 is 0 Å². The Balaban J connectivity index is 1.79. The molecule has 2 aromatic heterocycles. The topological polar surface area (TPSA) is 21.1 Å². The average Bonchev–Trinajstić information content (AvgIpc) is 3.13. The molecule has 0 amide bonds. The summed E-state index contributed by atoms with van der Waals surface area (Å²) in [6.07, 6.45) is 6.75. The van der Waals surface area contributed by atoms with Crippen molar-refractivity contribution in [1.82, 2.24) is 14.5 Å². The number of benzene rings is 1. The first-order chi connectivity index (χ1) is 10.8. The van der Waals surface area contributed by atoms with E-state index in [1.54, 1.807) is 0 Å². The summed E-state index contributed by atoms with van der Waals surface area (Å²) >= 11 is 0. The Morgan fingerprint density at radius 3 is 2.77 bits per heavy atom. The maximum absolute atomic E-state index is 4.54. The lowest BCUT2D eigenvalue weighted by Gasteiger charge is -2.20. The van der Waals surface area contributed by atoms with E-state index >= 15 is 0 Å². The van der Waals surface area contributed by atoms with Crippen LogP contribution in [0.3, 0.4) is 0 Å². The van der Waals surface area contributed by atoms with Crippen LogP contribution in [0.4, 0.5) is 0 Å². The van der Waals surface area contributed by atoms with Crippen LogP contribution in [-0.4, -0.2) is 34.1 Å². The van der Waals surface area contributed by atoms with E-state index in [9.17, 15) is 0 Å². The van der Waals surface area contributed by atoms with Gasteiger partial charge in [0.05, 0.1) is 5.69 Å². The van der Waals surface area contributed by atoms with Gasteiger partial charge in [-0.1, -0.05) is 24.3 Å². The number of pyridine rings is 1. The molecule has 0 bridgehead atoms. The van der Waals surface area contributed by atoms with Gasteiger partial charge in [0.2, 0.25) is 0 Å². The summed E-state index contributed by atoms with van der Waals surface area (Å²) in [6.45, 7) is 2.28. The molecule has 1 fully saturated rings. The lowest BCUT2D eigenvalue weighted by atomic mass is 10.1. The molecule has 0 aliphatic carbocycles. The maximum Gasteiger partial charge on any atom is 0.0723 e. The number of rotatable bonds is 3. The Labute approximate surface area is 131 Å². The quantitative estimate of drug-likeness (QED) is 0.732. The molecule has 1 aliphatic heterocycles. The third-order valence-corrected chi connectivity index (χ3v) is 4.81. The molecule has 0 radical (unpaired) electrons. The number of fused-ring (bicyclic) bond motifs is 1. The van der Waals surface area contributed by atoms with E-state index in [2.05, 4.69) is 64.1 Å². The zero-order valence-corrected chi connectivity index (χ0v) is 12.9. The standard InChI is InChI=1S/C19H21N3/c1-21-12-6-7-15(21)13-22-14-17(18-9-4-5-11-20-18)16-8-2-3-10-19(16)22/h2-5,8-11,14-15H,6-7,12-13H2,1H3. The van der Waals surface area contributed by atoms with Crippen LogP contribution in [0, 0.1) is 0 Å². The van der Waals surface area contributed by atoms with Gasteiger partial charge in [0.1, 0.15) is 0 Å². The van der Waals surface area contributed by atoms with Crippen LogP contribution in [0.25, 0.3) is 22.2 Å². The Hall–Kier alpha value is -2.13. The van der Waals surface area contributed by atoms with Crippen molar-refractivity contribution >= 4 is 10.9 Å². The van der Waals surface area contributed by atoms with Crippen LogP contribution < -0.4 is 0 Å². The highest BCUT2D eigenvalue weighted by Gasteiger charge is 2.22. The summed E-state index contributed by atoms with van der Waals surface area (Å²) in [4.78, 5) is 7.02. The van der Waals surface area contributed by atoms with E-state index in [1.807, 2.05) is 12.3 Å². The molecule has 112 valence electrons. The molecule has 0 N–H and O–H groups in total. The number of nitrogens with zero attached hydrogens (tertiary/aromatic N) is 3. The molecule has 3 nitrogen and oxygen atoms in total. The maximum atomic E-state index is 4.54. The number of likely N-dealkylation sites (N-methyl/N-ethyl adjacent to an activating group) is 1. The van der Waals surface area contributed by atoms with Gasteiger partial charge in [0, 0.05) is 41.4 Å². The summed E-state index contributed by atoms with van der Waals surface area (Å²) in [5.41, 5.74) is 3.59. The van der Waals surface area contributed by atoms with Crippen molar-refractivity contribution in [2.45, 2.75) is 25.4 Å². The molecule has 3 heterocycles. The second-order valence-electron chi connectivity index (χ2n) is 6.20. The minimum absolute atomic E-state index is 0.646. The smallest absolute Gasteiger partial charge is 0.0723 e. The van der Waals surface area contributed by atoms with E-state index in [0.29, 0.717) is 6.04 Å². The van der Waals surface area contributed by atoms with Crippen LogP contribution in [0.1, 0.15) is 12.8 Å². The van der Waals surface area contributed by atoms with Gasteiger partial charge in [-0.05, 0) is 44.6 Å². The van der Waals surface area contributed by atoms with Crippen molar-refractivity contribution in [2.75, 3.05) is 13.6 Å². The second kappa shape index (κ2) is 5.58. The van der Waals surface area contributed by atoms with Gasteiger partial charge in [0.15, 0.2) is 0 Å². The normalized spacial score (nSPS) is 19.0. The predicted octanol–water partition coefficient (Wildman–Crippen LogP) is 3.80. The summed E-state index contributed by atoms with van der Waals surface area (Å²) in [7, 11) is 2.24. The monoisotopic (exact) mass is 291 g/mol. The molecule has 1 aliphatic rings. The number of likely N-dealkylation sites (tertiary alicyclic amines) is 1. The fourth-order valence-electron chi connectivity index (χ4n) is 3.56. The summed E-state index contributed by atoms with van der Waals surface area (Å²) in [5.74, 6) is 0. The Morgan fingerprint density at radius 2 is 2.00 bits per heavy atom. The highest BCUT2D eigenvalue weighted by molar-refractivity contribution is 5.95. The minimum atomic E-state index is 0.646. The van der Waals surface area contributed by atoms with Gasteiger partial charge in [-0.25, -0.2) is 0 Å². The van der Waals surface area contributed by atoms with Crippen molar-refractivity contribution in [3.8, 4) is 11.3 Å². The van der Waals surface area contributed by atoms with Crippen molar-refractivity contribution in [3.05, 3.63) is 54.9 Å². The van der Waals surface area contributed by atoms with E-state index in [4.69, 9.17) is 0 Å². The van der Waals surface area contributed by atoms with Crippen LogP contribution in [0.15, 0.2) is 54.9 Å². The highest BCUT2D eigenvalue weighted by Crippen LogP contribution is 2.30. The highest BCUT2D eigenvalue weighted by atomic mass is 15.2. The summed E-state index contributed by atoms with van der Waals surface area (Å²) < 4.78 is 2.41. The molecule has 0 spiro atoms. The third-order valence-electron chi connectivity index (χ3n) is 4.81. The van der Waals surface area contributed by atoms with Gasteiger partial charge in [-0.15, -0.1) is 0 Å². The number of hydrogen-bond acceptors (Lipinski definition) is 2. The Morgan fingerprint density at radius 1 is 1.14 bits per heavy atom. The molecule has 0 saturated carbocycles. The number of aromatic nitrogens is 2. The Bertz CT molecular complexity index is 776. The van der Waals surface area contributed by atoms with Crippen LogP contribution in [0.5, 0.6) is 0 Å². The van der Waals surface area contributed by atoms with E-state index in [1.165, 1.54) is 35.9 Å². The molecule has 1 atom stereocenters. The van der Waals surface area contributed by atoms with Gasteiger partial charge >= 0.3 is 0 Å². The van der Waals surface area contributed by atoms with Gasteiger partial charge in [-0.2, -0.15) is 0 Å². The predicted molar refractivity (Wildman–Crippen MR) is 90.8 cm³/mol. The average molecular weight is 291 g/mol. The second-order valence-corrected chi connectivity index (χ2v) is 6.20. The molecule has 4 rings (SSSR count). The molecular formula is C19H21N3. The van der Waals surface area contributed by atoms with Crippen molar-refractivity contribution in [1.29, 1.82) is 0 Å². The van der Waals surface area contributed by atoms with E-state index < -0.39 is 0 Å². The zero-order valence-electron chi connectivity index (χ0n) is 12.9. The first kappa shape index (κ1) is 13.5. The van der Waals surface area contributed by atoms with Gasteiger partial charge in [-0.3, -0.25) is 4.98 Å². The first-order valence-corrected chi connectivity index (χ1v) is 8.02. The third kappa shape index (κ3) is 2.32. The lowest BCUT2D eigenvalue weighted by Crippen LogP contribution is -2.29.